The molecule has 1 saturated heterocycles. The summed E-state index contributed by atoms with van der Waals surface area (Å²) in [5.41, 5.74) is 1.79. The first-order chi connectivity index (χ1) is 11.6. The molecule has 0 N–H and O–H groups in total. The maximum absolute atomic E-state index is 12.1. The smallest absolute Gasteiger partial charge is 0.338 e. The summed E-state index contributed by atoms with van der Waals surface area (Å²) in [6.07, 6.45) is 1.69. The lowest BCUT2D eigenvalue weighted by Crippen LogP contribution is -2.37. The maximum atomic E-state index is 12.1. The molecule has 0 unspecified atom stereocenters. The highest BCUT2D eigenvalue weighted by Gasteiger charge is 2.22. The minimum absolute atomic E-state index is 0.0188. The number of piperidine rings is 1. The van der Waals surface area contributed by atoms with Gasteiger partial charge in [0.25, 0.3) is 0 Å². The van der Waals surface area contributed by atoms with E-state index in [0.29, 0.717) is 10.6 Å². The van der Waals surface area contributed by atoms with Crippen LogP contribution < -0.4 is 0 Å². The Morgan fingerprint density at radius 2 is 1.50 bits per heavy atom. The van der Waals surface area contributed by atoms with Crippen molar-refractivity contribution in [1.82, 2.24) is 4.90 Å². The van der Waals surface area contributed by atoms with Crippen LogP contribution in [0.2, 0.25) is 10.0 Å². The zero-order chi connectivity index (χ0) is 16.9. The Balaban J connectivity index is 1.47. The van der Waals surface area contributed by atoms with Gasteiger partial charge in [-0.3, -0.25) is 4.90 Å². The first-order valence-electron chi connectivity index (χ1n) is 8.03. The highest BCUT2D eigenvalue weighted by molar-refractivity contribution is 6.30. The van der Waals surface area contributed by atoms with E-state index >= 15 is 0 Å². The fraction of sp³-hybridized carbons (Fsp3) is 0.316. The van der Waals surface area contributed by atoms with Crippen LogP contribution in [0.25, 0.3) is 0 Å². The summed E-state index contributed by atoms with van der Waals surface area (Å²) in [6.45, 7) is 2.73. The van der Waals surface area contributed by atoms with Crippen molar-refractivity contribution in [2.75, 3.05) is 13.1 Å². The number of likely N-dealkylation sites (tertiary alicyclic amines) is 1. The Hall–Kier alpha value is -1.55. The van der Waals surface area contributed by atoms with Crippen molar-refractivity contribution in [3.63, 3.8) is 0 Å². The number of nitrogens with zero attached hydrogens (tertiary/aromatic N) is 1. The van der Waals surface area contributed by atoms with E-state index in [9.17, 15) is 4.79 Å². The third-order valence-corrected chi connectivity index (χ3v) is 4.71. The predicted molar refractivity (Wildman–Crippen MR) is 96.6 cm³/mol. The Morgan fingerprint density at radius 3 is 2.08 bits per heavy atom. The van der Waals surface area contributed by atoms with Crippen molar-refractivity contribution >= 4 is 29.2 Å². The summed E-state index contributed by atoms with van der Waals surface area (Å²) in [5.74, 6) is -0.275. The molecule has 0 radical (unpaired) electrons. The Bertz CT molecular complexity index is 678. The van der Waals surface area contributed by atoms with Crippen molar-refractivity contribution in [3.8, 4) is 0 Å². The zero-order valence-corrected chi connectivity index (χ0v) is 14.8. The van der Waals surface area contributed by atoms with E-state index in [4.69, 9.17) is 27.9 Å². The van der Waals surface area contributed by atoms with Crippen molar-refractivity contribution in [2.45, 2.75) is 25.5 Å². The summed E-state index contributed by atoms with van der Waals surface area (Å²) in [4.78, 5) is 14.5. The lowest BCUT2D eigenvalue weighted by atomic mass is 10.1. The van der Waals surface area contributed by atoms with Gasteiger partial charge in [-0.2, -0.15) is 0 Å². The summed E-state index contributed by atoms with van der Waals surface area (Å²) >= 11 is 11.7. The number of halogens is 2. The van der Waals surface area contributed by atoms with Crippen LogP contribution in [0, 0.1) is 0 Å². The number of hydrogen-bond donors (Lipinski definition) is 0. The van der Waals surface area contributed by atoms with E-state index in [1.54, 1.807) is 24.3 Å². The first-order valence-corrected chi connectivity index (χ1v) is 8.79. The molecule has 0 saturated carbocycles. The van der Waals surface area contributed by atoms with Crippen LogP contribution in [-0.4, -0.2) is 30.1 Å². The van der Waals surface area contributed by atoms with Gasteiger partial charge in [-0.1, -0.05) is 35.3 Å². The van der Waals surface area contributed by atoms with E-state index in [0.717, 1.165) is 37.5 Å². The monoisotopic (exact) mass is 363 g/mol. The number of rotatable bonds is 4. The minimum atomic E-state index is -0.275. The van der Waals surface area contributed by atoms with Crippen LogP contribution in [0.15, 0.2) is 48.5 Å². The molecule has 1 aliphatic rings. The molecular weight excluding hydrogens is 345 g/mol. The number of carbonyl (C=O) groups excluding carboxylic acids is 1. The van der Waals surface area contributed by atoms with E-state index in [1.807, 2.05) is 12.1 Å². The van der Waals surface area contributed by atoms with Crippen molar-refractivity contribution < 1.29 is 9.53 Å². The standard InChI is InChI=1S/C19H19Cl2NO2/c20-16-5-1-14(2-6-16)13-22-11-9-18(10-12-22)24-19(23)15-3-7-17(21)8-4-15/h1-8,18H,9-13H2. The molecule has 0 aliphatic carbocycles. The third-order valence-electron chi connectivity index (χ3n) is 4.21. The highest BCUT2D eigenvalue weighted by atomic mass is 35.5. The lowest BCUT2D eigenvalue weighted by Gasteiger charge is -2.31. The number of hydrogen-bond acceptors (Lipinski definition) is 3. The lowest BCUT2D eigenvalue weighted by molar-refractivity contribution is 0.0104. The van der Waals surface area contributed by atoms with E-state index in [2.05, 4.69) is 17.0 Å². The van der Waals surface area contributed by atoms with Crippen LogP contribution in [0.4, 0.5) is 0 Å². The zero-order valence-electron chi connectivity index (χ0n) is 13.3. The molecule has 0 atom stereocenters. The minimum Gasteiger partial charge on any atom is -0.459 e. The van der Waals surface area contributed by atoms with Crippen molar-refractivity contribution in [2.24, 2.45) is 0 Å². The van der Waals surface area contributed by atoms with Gasteiger partial charge in [-0.15, -0.1) is 0 Å². The molecule has 1 aliphatic heterocycles. The van der Waals surface area contributed by atoms with Crippen LogP contribution in [0.5, 0.6) is 0 Å². The van der Waals surface area contributed by atoms with Crippen LogP contribution in [0.1, 0.15) is 28.8 Å². The second-order valence-electron chi connectivity index (χ2n) is 6.01. The SMILES string of the molecule is O=C(OC1CCN(Cc2ccc(Cl)cc2)CC1)c1ccc(Cl)cc1. The molecule has 0 amide bonds. The molecule has 0 bridgehead atoms. The highest BCUT2D eigenvalue weighted by Crippen LogP contribution is 2.19. The number of carbonyl (C=O) groups is 1. The van der Waals surface area contributed by atoms with Crippen LogP contribution in [-0.2, 0) is 11.3 Å². The fourth-order valence-electron chi connectivity index (χ4n) is 2.84. The molecule has 3 rings (SSSR count). The van der Waals surface area contributed by atoms with Gasteiger partial charge >= 0.3 is 5.97 Å². The van der Waals surface area contributed by atoms with Gasteiger partial charge in [0.15, 0.2) is 0 Å². The van der Waals surface area contributed by atoms with Gasteiger partial charge in [0.05, 0.1) is 5.56 Å². The Kier molecular flexibility index (Phi) is 5.77. The van der Waals surface area contributed by atoms with E-state index < -0.39 is 0 Å². The number of benzene rings is 2. The summed E-state index contributed by atoms with van der Waals surface area (Å²) in [6, 6.07) is 14.7. The van der Waals surface area contributed by atoms with E-state index in [-0.39, 0.29) is 12.1 Å². The van der Waals surface area contributed by atoms with Gasteiger partial charge in [-0.25, -0.2) is 4.79 Å². The molecule has 1 heterocycles. The van der Waals surface area contributed by atoms with Gasteiger partial charge in [0.2, 0.25) is 0 Å². The average molecular weight is 364 g/mol. The molecule has 24 heavy (non-hydrogen) atoms. The summed E-state index contributed by atoms with van der Waals surface area (Å²) in [5, 5.41) is 1.37. The molecule has 2 aromatic carbocycles. The van der Waals surface area contributed by atoms with Crippen molar-refractivity contribution in [3.05, 3.63) is 69.7 Å². The molecule has 0 spiro atoms. The van der Waals surface area contributed by atoms with Crippen molar-refractivity contribution in [1.29, 1.82) is 0 Å². The molecular formula is C19H19Cl2NO2. The van der Waals surface area contributed by atoms with Gasteiger partial charge in [0.1, 0.15) is 6.10 Å². The number of ether oxygens (including phenoxy) is 1. The first kappa shape index (κ1) is 17.3. The molecule has 1 fully saturated rings. The topological polar surface area (TPSA) is 29.5 Å². The predicted octanol–water partition coefficient (Wildman–Crippen LogP) is 4.81. The second-order valence-corrected chi connectivity index (χ2v) is 6.89. The Morgan fingerprint density at radius 1 is 0.958 bits per heavy atom. The summed E-state index contributed by atoms with van der Waals surface area (Å²) in [7, 11) is 0. The Labute approximate surface area is 152 Å². The third kappa shape index (κ3) is 4.73. The van der Waals surface area contributed by atoms with Gasteiger partial charge in [-0.05, 0) is 54.8 Å². The van der Waals surface area contributed by atoms with Gasteiger partial charge < -0.3 is 4.74 Å². The van der Waals surface area contributed by atoms with Gasteiger partial charge in [0, 0.05) is 29.7 Å². The van der Waals surface area contributed by atoms with Crippen LogP contribution in [0.3, 0.4) is 0 Å². The normalized spacial score (nSPS) is 16.1. The summed E-state index contributed by atoms with van der Waals surface area (Å²) < 4.78 is 5.61. The number of esters is 1. The molecule has 2 aromatic rings. The quantitative estimate of drug-likeness (QED) is 0.729. The second kappa shape index (κ2) is 8.02. The van der Waals surface area contributed by atoms with Crippen LogP contribution >= 0.6 is 23.2 Å². The fourth-order valence-corrected chi connectivity index (χ4v) is 3.09. The van der Waals surface area contributed by atoms with E-state index in [1.165, 1.54) is 5.56 Å². The maximum Gasteiger partial charge on any atom is 0.338 e. The molecule has 3 nitrogen and oxygen atoms in total. The largest absolute Gasteiger partial charge is 0.459 e. The molecule has 5 heteroatoms. The average Bonchev–Trinajstić information content (AvgIpc) is 2.59. The molecule has 0 aromatic heterocycles. The molecule has 126 valence electrons.